The number of hydrogen-bond donors (Lipinski definition) is 1. The number of benzene rings is 3. The average molecular weight is 419 g/mol. The Kier molecular flexibility index (Phi) is 6.54. The summed E-state index contributed by atoms with van der Waals surface area (Å²) in [6, 6.07) is 29.8. The van der Waals surface area contributed by atoms with Gasteiger partial charge < -0.3 is 10.1 Å². The van der Waals surface area contributed by atoms with E-state index in [4.69, 9.17) is 4.74 Å². The van der Waals surface area contributed by atoms with Crippen LogP contribution in [0.25, 0.3) is 0 Å². The molecule has 1 aromatic heterocycles. The molecule has 32 heavy (non-hydrogen) atoms. The second kappa shape index (κ2) is 10.1. The van der Waals surface area contributed by atoms with Gasteiger partial charge in [-0.3, -0.25) is 9.78 Å². The maximum absolute atomic E-state index is 13.1. The SMILES string of the molecule is N#Cc1ccccc1COc1cccc(C(=O)NC(c2ccccc2)c2ccncc2)c1. The monoisotopic (exact) mass is 419 g/mol. The minimum Gasteiger partial charge on any atom is -0.489 e. The number of nitriles is 1. The van der Waals surface area contributed by atoms with Crippen molar-refractivity contribution in [2.45, 2.75) is 12.6 Å². The highest BCUT2D eigenvalue weighted by atomic mass is 16.5. The Morgan fingerprint density at radius 3 is 2.41 bits per heavy atom. The predicted molar refractivity (Wildman–Crippen MR) is 122 cm³/mol. The molecular formula is C27H21N3O2. The highest BCUT2D eigenvalue weighted by molar-refractivity contribution is 5.95. The van der Waals surface area contributed by atoms with Crippen LogP contribution in [-0.4, -0.2) is 10.9 Å². The molecule has 4 rings (SSSR count). The van der Waals surface area contributed by atoms with Crippen molar-refractivity contribution in [3.63, 3.8) is 0 Å². The summed E-state index contributed by atoms with van der Waals surface area (Å²) in [4.78, 5) is 17.2. The van der Waals surface area contributed by atoms with Crippen LogP contribution in [0.2, 0.25) is 0 Å². The number of pyridine rings is 1. The van der Waals surface area contributed by atoms with Crippen LogP contribution in [0.1, 0.15) is 38.7 Å². The van der Waals surface area contributed by atoms with Crippen LogP contribution in [0.5, 0.6) is 5.75 Å². The molecule has 156 valence electrons. The lowest BCUT2D eigenvalue weighted by Crippen LogP contribution is -2.29. The molecule has 1 amide bonds. The van der Waals surface area contributed by atoms with E-state index in [1.807, 2.05) is 60.7 Å². The molecular weight excluding hydrogens is 398 g/mol. The minimum atomic E-state index is -0.307. The van der Waals surface area contributed by atoms with E-state index in [1.165, 1.54) is 0 Å². The van der Waals surface area contributed by atoms with Gasteiger partial charge in [-0.2, -0.15) is 5.26 Å². The molecule has 0 saturated carbocycles. The molecule has 1 heterocycles. The van der Waals surface area contributed by atoms with Crippen LogP contribution in [0.4, 0.5) is 0 Å². The van der Waals surface area contributed by atoms with E-state index in [-0.39, 0.29) is 18.6 Å². The van der Waals surface area contributed by atoms with Gasteiger partial charge in [-0.25, -0.2) is 0 Å². The Balaban J connectivity index is 1.52. The van der Waals surface area contributed by atoms with Crippen molar-refractivity contribution >= 4 is 5.91 Å². The normalized spacial score (nSPS) is 11.2. The van der Waals surface area contributed by atoms with Crippen molar-refractivity contribution in [2.75, 3.05) is 0 Å². The summed E-state index contributed by atoms with van der Waals surface area (Å²) in [6.45, 7) is 0.248. The summed E-state index contributed by atoms with van der Waals surface area (Å²) in [7, 11) is 0. The first-order valence-electron chi connectivity index (χ1n) is 10.2. The lowest BCUT2D eigenvalue weighted by atomic mass is 9.99. The zero-order chi connectivity index (χ0) is 22.2. The second-order valence-electron chi connectivity index (χ2n) is 7.18. The van der Waals surface area contributed by atoms with E-state index in [1.54, 1.807) is 42.7 Å². The van der Waals surface area contributed by atoms with E-state index in [0.717, 1.165) is 16.7 Å². The Bertz CT molecular complexity index is 1190. The maximum atomic E-state index is 13.1. The number of amides is 1. The van der Waals surface area contributed by atoms with Gasteiger partial charge in [-0.1, -0.05) is 54.6 Å². The molecule has 1 atom stereocenters. The number of ether oxygens (including phenoxy) is 1. The number of carbonyl (C=O) groups is 1. The molecule has 0 aliphatic carbocycles. The van der Waals surface area contributed by atoms with Crippen LogP contribution in [0.3, 0.4) is 0 Å². The van der Waals surface area contributed by atoms with Gasteiger partial charge in [-0.05, 0) is 47.5 Å². The van der Waals surface area contributed by atoms with Gasteiger partial charge in [-0.15, -0.1) is 0 Å². The molecule has 0 radical (unpaired) electrons. The largest absolute Gasteiger partial charge is 0.489 e. The van der Waals surface area contributed by atoms with Gasteiger partial charge >= 0.3 is 0 Å². The predicted octanol–water partition coefficient (Wildman–Crippen LogP) is 5.05. The highest BCUT2D eigenvalue weighted by Gasteiger charge is 2.18. The van der Waals surface area contributed by atoms with Crippen molar-refractivity contribution in [2.24, 2.45) is 0 Å². The molecule has 0 saturated heterocycles. The molecule has 1 N–H and O–H groups in total. The van der Waals surface area contributed by atoms with Crippen LogP contribution in [0.15, 0.2) is 103 Å². The number of rotatable bonds is 7. The van der Waals surface area contributed by atoms with Gasteiger partial charge in [0.25, 0.3) is 5.91 Å². The number of hydrogen-bond acceptors (Lipinski definition) is 4. The second-order valence-corrected chi connectivity index (χ2v) is 7.18. The number of carbonyl (C=O) groups excluding carboxylic acids is 1. The molecule has 0 spiro atoms. The third kappa shape index (κ3) is 5.00. The number of nitrogens with one attached hydrogen (secondary N) is 1. The van der Waals surface area contributed by atoms with Crippen molar-refractivity contribution in [1.29, 1.82) is 5.26 Å². The summed E-state index contributed by atoms with van der Waals surface area (Å²) < 4.78 is 5.86. The Labute approximate surface area is 186 Å². The summed E-state index contributed by atoms with van der Waals surface area (Å²) in [5, 5.41) is 12.4. The fourth-order valence-corrected chi connectivity index (χ4v) is 3.42. The maximum Gasteiger partial charge on any atom is 0.252 e. The molecule has 0 aliphatic heterocycles. The van der Waals surface area contributed by atoms with Crippen molar-refractivity contribution in [3.05, 3.63) is 131 Å². The molecule has 0 bridgehead atoms. The minimum absolute atomic E-state index is 0.210. The lowest BCUT2D eigenvalue weighted by Gasteiger charge is -2.20. The Hall–Kier alpha value is -4.43. The quantitative estimate of drug-likeness (QED) is 0.455. The van der Waals surface area contributed by atoms with E-state index >= 15 is 0 Å². The zero-order valence-corrected chi connectivity index (χ0v) is 17.3. The van der Waals surface area contributed by atoms with Gasteiger partial charge in [0.1, 0.15) is 12.4 Å². The lowest BCUT2D eigenvalue weighted by molar-refractivity contribution is 0.0942. The topological polar surface area (TPSA) is 75.0 Å². The van der Waals surface area contributed by atoms with Gasteiger partial charge in [0.2, 0.25) is 0 Å². The molecule has 1 unspecified atom stereocenters. The van der Waals surface area contributed by atoms with E-state index in [2.05, 4.69) is 16.4 Å². The van der Waals surface area contributed by atoms with Crippen LogP contribution < -0.4 is 10.1 Å². The third-order valence-corrected chi connectivity index (χ3v) is 5.08. The number of nitrogens with zero attached hydrogens (tertiary/aromatic N) is 2. The summed E-state index contributed by atoms with van der Waals surface area (Å²) in [5.41, 5.74) is 3.79. The first kappa shape index (κ1) is 20.8. The molecule has 4 aromatic rings. The fraction of sp³-hybridized carbons (Fsp3) is 0.0741. The Morgan fingerprint density at radius 2 is 1.62 bits per heavy atom. The smallest absolute Gasteiger partial charge is 0.252 e. The van der Waals surface area contributed by atoms with E-state index < -0.39 is 0 Å². The highest BCUT2D eigenvalue weighted by Crippen LogP contribution is 2.23. The standard InChI is InChI=1S/C27H21N3O2/c28-18-23-9-4-5-10-24(23)19-32-25-12-6-11-22(17-25)27(31)30-26(20-7-2-1-3-8-20)21-13-15-29-16-14-21/h1-17,26H,19H2,(H,30,31). The number of aromatic nitrogens is 1. The molecule has 0 aliphatic rings. The first-order valence-corrected chi connectivity index (χ1v) is 10.2. The zero-order valence-electron chi connectivity index (χ0n) is 17.3. The summed E-state index contributed by atoms with van der Waals surface area (Å²) in [6.07, 6.45) is 3.43. The molecule has 5 nitrogen and oxygen atoms in total. The van der Waals surface area contributed by atoms with Gasteiger partial charge in [0, 0.05) is 23.5 Å². The summed E-state index contributed by atoms with van der Waals surface area (Å²) >= 11 is 0. The van der Waals surface area contributed by atoms with Crippen LogP contribution in [-0.2, 0) is 6.61 Å². The Morgan fingerprint density at radius 1 is 0.906 bits per heavy atom. The van der Waals surface area contributed by atoms with Crippen molar-refractivity contribution in [3.8, 4) is 11.8 Å². The van der Waals surface area contributed by atoms with Crippen LogP contribution in [0, 0.1) is 11.3 Å². The molecule has 0 fully saturated rings. The molecule has 3 aromatic carbocycles. The van der Waals surface area contributed by atoms with E-state index in [0.29, 0.717) is 16.9 Å². The average Bonchev–Trinajstić information content (AvgIpc) is 2.87. The summed E-state index contributed by atoms with van der Waals surface area (Å²) in [5.74, 6) is 0.351. The third-order valence-electron chi connectivity index (χ3n) is 5.08. The van der Waals surface area contributed by atoms with Gasteiger partial charge in [0.05, 0.1) is 17.7 Å². The van der Waals surface area contributed by atoms with Crippen molar-refractivity contribution in [1.82, 2.24) is 10.3 Å². The van der Waals surface area contributed by atoms with Crippen molar-refractivity contribution < 1.29 is 9.53 Å². The van der Waals surface area contributed by atoms with Crippen LogP contribution >= 0.6 is 0 Å². The van der Waals surface area contributed by atoms with Gasteiger partial charge in [0.15, 0.2) is 0 Å². The molecule has 5 heteroatoms. The fourth-order valence-electron chi connectivity index (χ4n) is 3.42. The first-order chi connectivity index (χ1) is 15.7. The van der Waals surface area contributed by atoms with E-state index in [9.17, 15) is 10.1 Å².